The highest BCUT2D eigenvalue weighted by Gasteiger charge is 2.12. The second-order valence-corrected chi connectivity index (χ2v) is 6.61. The molecule has 0 fully saturated rings. The van der Waals surface area contributed by atoms with E-state index in [1.54, 1.807) is 36.0 Å². The SMILES string of the molecule is C[C@@H](CC(=O)Oc1cccc(Cl)c1)SCc1ccccc1. The standard InChI is InChI=1S/C17H17ClO2S/c1-13(21-12-14-6-3-2-4-7-14)10-17(19)20-16-9-5-8-15(18)11-16/h2-9,11,13H,10,12H2,1H3/t13-/m0/s1. The summed E-state index contributed by atoms with van der Waals surface area (Å²) in [6, 6.07) is 17.1. The molecule has 0 amide bonds. The van der Waals surface area contributed by atoms with Gasteiger partial charge in [-0.05, 0) is 23.8 Å². The molecule has 0 aromatic heterocycles. The Hall–Kier alpha value is -1.45. The number of hydrogen-bond donors (Lipinski definition) is 0. The van der Waals surface area contributed by atoms with E-state index in [1.165, 1.54) is 5.56 Å². The number of esters is 1. The van der Waals surface area contributed by atoms with Crippen molar-refractivity contribution in [3.8, 4) is 5.75 Å². The van der Waals surface area contributed by atoms with Gasteiger partial charge in [-0.3, -0.25) is 4.79 Å². The largest absolute Gasteiger partial charge is 0.426 e. The summed E-state index contributed by atoms with van der Waals surface area (Å²) in [7, 11) is 0. The van der Waals surface area contributed by atoms with E-state index in [0.29, 0.717) is 17.2 Å². The van der Waals surface area contributed by atoms with Gasteiger partial charge in [-0.15, -0.1) is 0 Å². The first-order valence-electron chi connectivity index (χ1n) is 6.75. The molecule has 2 aromatic rings. The molecule has 2 aromatic carbocycles. The Bertz CT molecular complexity index is 586. The molecule has 2 nitrogen and oxygen atoms in total. The van der Waals surface area contributed by atoms with Crippen LogP contribution in [-0.2, 0) is 10.5 Å². The smallest absolute Gasteiger partial charge is 0.312 e. The van der Waals surface area contributed by atoms with Gasteiger partial charge in [0, 0.05) is 16.0 Å². The Kier molecular flexibility index (Phi) is 6.15. The van der Waals surface area contributed by atoms with Gasteiger partial charge in [-0.2, -0.15) is 11.8 Å². The minimum Gasteiger partial charge on any atom is -0.426 e. The van der Waals surface area contributed by atoms with E-state index in [4.69, 9.17) is 16.3 Å². The third-order valence-electron chi connectivity index (χ3n) is 2.86. The molecule has 4 heteroatoms. The lowest BCUT2D eigenvalue weighted by Crippen LogP contribution is -2.13. The summed E-state index contributed by atoms with van der Waals surface area (Å²) in [5.41, 5.74) is 1.26. The minimum atomic E-state index is -0.231. The van der Waals surface area contributed by atoms with Crippen molar-refractivity contribution in [3.63, 3.8) is 0 Å². The van der Waals surface area contributed by atoms with Gasteiger partial charge in [-0.25, -0.2) is 0 Å². The molecule has 0 bridgehead atoms. The first kappa shape index (κ1) is 15.9. The molecule has 0 heterocycles. The van der Waals surface area contributed by atoms with E-state index in [0.717, 1.165) is 5.75 Å². The van der Waals surface area contributed by atoms with Crippen molar-refractivity contribution in [2.45, 2.75) is 24.3 Å². The molecule has 0 aliphatic heterocycles. The summed E-state index contributed by atoms with van der Waals surface area (Å²) < 4.78 is 5.28. The van der Waals surface area contributed by atoms with Crippen molar-refractivity contribution in [3.05, 3.63) is 65.2 Å². The average molecular weight is 321 g/mol. The molecule has 110 valence electrons. The maximum atomic E-state index is 11.9. The topological polar surface area (TPSA) is 26.3 Å². The van der Waals surface area contributed by atoms with Gasteiger partial charge in [0.05, 0.1) is 6.42 Å². The van der Waals surface area contributed by atoms with Crippen LogP contribution in [0.4, 0.5) is 0 Å². The fourth-order valence-electron chi connectivity index (χ4n) is 1.81. The van der Waals surface area contributed by atoms with E-state index in [-0.39, 0.29) is 11.2 Å². The van der Waals surface area contributed by atoms with Gasteiger partial charge in [0.15, 0.2) is 0 Å². The second kappa shape index (κ2) is 8.11. The van der Waals surface area contributed by atoms with Crippen molar-refractivity contribution < 1.29 is 9.53 Å². The Morgan fingerprint density at radius 2 is 1.95 bits per heavy atom. The molecule has 0 radical (unpaired) electrons. The Morgan fingerprint density at radius 3 is 2.67 bits per heavy atom. The number of ether oxygens (including phenoxy) is 1. The minimum absolute atomic E-state index is 0.205. The molecular weight excluding hydrogens is 304 g/mol. The van der Waals surface area contributed by atoms with Gasteiger partial charge in [-0.1, -0.05) is 54.9 Å². The van der Waals surface area contributed by atoms with E-state index in [9.17, 15) is 4.79 Å². The molecule has 0 saturated heterocycles. The zero-order chi connectivity index (χ0) is 15.1. The van der Waals surface area contributed by atoms with Crippen LogP contribution in [0.1, 0.15) is 18.9 Å². The van der Waals surface area contributed by atoms with Crippen LogP contribution in [0.25, 0.3) is 0 Å². The molecule has 0 aliphatic carbocycles. The zero-order valence-electron chi connectivity index (χ0n) is 11.8. The van der Waals surface area contributed by atoms with Crippen LogP contribution in [0.3, 0.4) is 0 Å². The third-order valence-corrected chi connectivity index (χ3v) is 4.33. The van der Waals surface area contributed by atoms with Crippen LogP contribution in [0, 0.1) is 0 Å². The highest BCUT2D eigenvalue weighted by Crippen LogP contribution is 2.22. The van der Waals surface area contributed by atoms with Crippen molar-refractivity contribution in [2.75, 3.05) is 0 Å². The molecule has 0 aliphatic rings. The maximum Gasteiger partial charge on any atom is 0.312 e. The predicted molar refractivity (Wildman–Crippen MR) is 88.9 cm³/mol. The van der Waals surface area contributed by atoms with E-state index in [2.05, 4.69) is 12.1 Å². The van der Waals surface area contributed by atoms with Crippen LogP contribution >= 0.6 is 23.4 Å². The van der Waals surface area contributed by atoms with Crippen LogP contribution < -0.4 is 4.74 Å². The lowest BCUT2D eigenvalue weighted by Gasteiger charge is -2.11. The highest BCUT2D eigenvalue weighted by molar-refractivity contribution is 7.99. The molecule has 0 unspecified atom stereocenters. The Balaban J connectivity index is 1.77. The first-order valence-corrected chi connectivity index (χ1v) is 8.18. The van der Waals surface area contributed by atoms with E-state index in [1.807, 2.05) is 25.1 Å². The van der Waals surface area contributed by atoms with Gasteiger partial charge in [0.2, 0.25) is 0 Å². The summed E-state index contributed by atoms with van der Waals surface area (Å²) >= 11 is 7.60. The van der Waals surface area contributed by atoms with Crippen molar-refractivity contribution in [1.82, 2.24) is 0 Å². The van der Waals surface area contributed by atoms with Crippen LogP contribution in [0.15, 0.2) is 54.6 Å². The van der Waals surface area contributed by atoms with E-state index >= 15 is 0 Å². The normalized spacial score (nSPS) is 11.9. The summed E-state index contributed by atoms with van der Waals surface area (Å²) in [4.78, 5) is 11.9. The fraction of sp³-hybridized carbons (Fsp3) is 0.235. The molecule has 2 rings (SSSR count). The zero-order valence-corrected chi connectivity index (χ0v) is 13.4. The summed E-state index contributed by atoms with van der Waals surface area (Å²) in [5.74, 6) is 1.16. The Morgan fingerprint density at radius 1 is 1.19 bits per heavy atom. The average Bonchev–Trinajstić information content (AvgIpc) is 2.46. The molecule has 0 N–H and O–H groups in total. The molecule has 21 heavy (non-hydrogen) atoms. The third kappa shape index (κ3) is 5.82. The maximum absolute atomic E-state index is 11.9. The molecular formula is C17H17ClO2S. The number of halogens is 1. The van der Waals surface area contributed by atoms with Crippen LogP contribution in [-0.4, -0.2) is 11.2 Å². The second-order valence-electron chi connectivity index (χ2n) is 4.74. The predicted octanol–water partition coefficient (Wildman–Crippen LogP) is 4.96. The lowest BCUT2D eigenvalue weighted by atomic mass is 10.2. The number of benzene rings is 2. The number of hydrogen-bond acceptors (Lipinski definition) is 3. The molecule has 0 saturated carbocycles. The van der Waals surface area contributed by atoms with Gasteiger partial charge >= 0.3 is 5.97 Å². The highest BCUT2D eigenvalue weighted by atomic mass is 35.5. The lowest BCUT2D eigenvalue weighted by molar-refractivity contribution is -0.134. The van der Waals surface area contributed by atoms with Crippen molar-refractivity contribution >= 4 is 29.3 Å². The van der Waals surface area contributed by atoms with Gasteiger partial charge in [0.25, 0.3) is 0 Å². The number of carbonyl (C=O) groups is 1. The molecule has 1 atom stereocenters. The first-order chi connectivity index (χ1) is 10.1. The van der Waals surface area contributed by atoms with Gasteiger partial charge in [0.1, 0.15) is 5.75 Å². The van der Waals surface area contributed by atoms with Crippen molar-refractivity contribution in [1.29, 1.82) is 0 Å². The summed E-state index contributed by atoms with van der Waals surface area (Å²) in [6.07, 6.45) is 0.379. The number of carbonyl (C=O) groups excluding carboxylic acids is 1. The quantitative estimate of drug-likeness (QED) is 0.556. The van der Waals surface area contributed by atoms with Crippen LogP contribution in [0.5, 0.6) is 5.75 Å². The summed E-state index contributed by atoms with van der Waals surface area (Å²) in [5, 5.41) is 0.767. The monoisotopic (exact) mass is 320 g/mol. The number of rotatable bonds is 6. The fourth-order valence-corrected chi connectivity index (χ4v) is 2.91. The van der Waals surface area contributed by atoms with Crippen molar-refractivity contribution in [2.24, 2.45) is 0 Å². The molecule has 0 spiro atoms. The van der Waals surface area contributed by atoms with Gasteiger partial charge < -0.3 is 4.74 Å². The van der Waals surface area contributed by atoms with Crippen LogP contribution in [0.2, 0.25) is 5.02 Å². The van der Waals surface area contributed by atoms with E-state index < -0.39 is 0 Å². The number of thioether (sulfide) groups is 1. The Labute approximate surface area is 134 Å². The summed E-state index contributed by atoms with van der Waals surface area (Å²) in [6.45, 7) is 2.03.